The van der Waals surface area contributed by atoms with Gasteiger partial charge in [-0.1, -0.05) is 20.8 Å². The Labute approximate surface area is 126 Å². The predicted molar refractivity (Wildman–Crippen MR) is 81.7 cm³/mol. The van der Waals surface area contributed by atoms with Crippen molar-refractivity contribution >= 4 is 22.2 Å². The Hall–Kier alpha value is -1.73. The van der Waals surface area contributed by atoms with Gasteiger partial charge in [0, 0.05) is 22.7 Å². The maximum Gasteiger partial charge on any atom is 0.282 e. The normalized spacial score (nSPS) is 12.1. The van der Waals surface area contributed by atoms with Gasteiger partial charge >= 0.3 is 0 Å². The minimum atomic E-state index is -0.582. The van der Waals surface area contributed by atoms with Gasteiger partial charge in [-0.15, -0.1) is 11.3 Å². The number of nitrogens with zero attached hydrogens (tertiary/aromatic N) is 2. The van der Waals surface area contributed by atoms with Gasteiger partial charge < -0.3 is 0 Å². The lowest BCUT2D eigenvalue weighted by atomic mass is 9.93. The summed E-state index contributed by atoms with van der Waals surface area (Å²) >= 11 is 1.38. The molecule has 0 saturated heterocycles. The number of hydrogen-bond acceptors (Lipinski definition) is 5. The van der Waals surface area contributed by atoms with E-state index in [1.54, 1.807) is 13.8 Å². The van der Waals surface area contributed by atoms with Crippen molar-refractivity contribution in [2.75, 3.05) is 0 Å². The Morgan fingerprint density at radius 2 is 2.10 bits per heavy atom. The van der Waals surface area contributed by atoms with Crippen molar-refractivity contribution in [1.82, 2.24) is 14.9 Å². The van der Waals surface area contributed by atoms with Crippen LogP contribution in [0.25, 0.3) is 4.96 Å². The molecule has 0 saturated carbocycles. The highest BCUT2D eigenvalue weighted by atomic mass is 32.1. The van der Waals surface area contributed by atoms with Gasteiger partial charge in [0.25, 0.3) is 11.5 Å². The molecule has 0 aromatic carbocycles. The fourth-order valence-corrected chi connectivity index (χ4v) is 2.87. The zero-order valence-electron chi connectivity index (χ0n) is 12.8. The van der Waals surface area contributed by atoms with Crippen LogP contribution in [0.4, 0.5) is 0 Å². The molecular formula is C14H19N3O3S. The first-order valence-corrected chi connectivity index (χ1v) is 7.55. The van der Waals surface area contributed by atoms with Crippen LogP contribution in [0.3, 0.4) is 0 Å². The minimum absolute atomic E-state index is 0.0305. The van der Waals surface area contributed by atoms with E-state index < -0.39 is 5.91 Å². The Bertz CT molecular complexity index is 725. The highest BCUT2D eigenvalue weighted by Gasteiger charge is 2.23. The zero-order chi connectivity index (χ0) is 15.8. The number of nitrogens with one attached hydrogen (secondary N) is 1. The van der Waals surface area contributed by atoms with Crippen LogP contribution in [0.1, 0.15) is 50.7 Å². The number of carbonyl (C=O) groups excluding carboxylic acids is 1. The van der Waals surface area contributed by atoms with Gasteiger partial charge in [0.15, 0.2) is 4.96 Å². The summed E-state index contributed by atoms with van der Waals surface area (Å²) in [5.74, 6) is -0.582. The van der Waals surface area contributed by atoms with Crippen LogP contribution in [0.15, 0.2) is 16.4 Å². The van der Waals surface area contributed by atoms with E-state index in [1.807, 2.05) is 26.2 Å². The molecule has 0 aliphatic carbocycles. The molecule has 0 radical (unpaired) electrons. The van der Waals surface area contributed by atoms with Gasteiger partial charge in [0.05, 0.1) is 6.10 Å². The van der Waals surface area contributed by atoms with Crippen molar-refractivity contribution in [3.05, 3.63) is 33.2 Å². The third kappa shape index (κ3) is 3.14. The molecule has 1 N–H and O–H groups in total. The van der Waals surface area contributed by atoms with Gasteiger partial charge in [0.2, 0.25) is 0 Å². The smallest absolute Gasteiger partial charge is 0.271 e. The van der Waals surface area contributed by atoms with Crippen LogP contribution in [0.5, 0.6) is 0 Å². The summed E-state index contributed by atoms with van der Waals surface area (Å²) in [6.45, 7) is 9.59. The summed E-state index contributed by atoms with van der Waals surface area (Å²) in [4.78, 5) is 34.4. The fraction of sp³-hybridized carbons (Fsp3) is 0.500. The van der Waals surface area contributed by atoms with E-state index >= 15 is 0 Å². The molecule has 0 fully saturated rings. The number of hydroxylamine groups is 1. The molecule has 0 aliphatic rings. The van der Waals surface area contributed by atoms with Crippen LogP contribution in [0, 0.1) is 0 Å². The monoisotopic (exact) mass is 309 g/mol. The van der Waals surface area contributed by atoms with E-state index in [2.05, 4.69) is 10.5 Å². The largest absolute Gasteiger partial charge is 0.282 e. The second-order valence-corrected chi connectivity index (χ2v) is 6.90. The molecule has 2 aromatic rings. The Balaban J connectivity index is 2.51. The molecule has 0 spiro atoms. The molecule has 7 heteroatoms. The Kier molecular flexibility index (Phi) is 4.15. The van der Waals surface area contributed by atoms with Gasteiger partial charge in [-0.05, 0) is 13.8 Å². The summed E-state index contributed by atoms with van der Waals surface area (Å²) in [6.07, 6.45) is 1.12. The SMILES string of the molecule is CC(C)ONC(=O)c1cnc2scc(C(C)(C)C)n2c1=O. The minimum Gasteiger partial charge on any atom is -0.271 e. The van der Waals surface area contributed by atoms with Gasteiger partial charge in [0.1, 0.15) is 5.56 Å². The lowest BCUT2D eigenvalue weighted by molar-refractivity contribution is 0.0000510. The molecule has 0 bridgehead atoms. The van der Waals surface area contributed by atoms with E-state index in [9.17, 15) is 9.59 Å². The third-order valence-electron chi connectivity index (χ3n) is 2.85. The number of carbonyl (C=O) groups is 1. The summed E-state index contributed by atoms with van der Waals surface area (Å²) in [5, 5.41) is 1.90. The molecule has 1 amide bonds. The van der Waals surface area contributed by atoms with E-state index in [0.717, 1.165) is 5.69 Å². The number of thiazole rings is 1. The van der Waals surface area contributed by atoms with Gasteiger partial charge in [-0.2, -0.15) is 0 Å². The molecular weight excluding hydrogens is 290 g/mol. The summed E-state index contributed by atoms with van der Waals surface area (Å²) in [7, 11) is 0. The van der Waals surface area contributed by atoms with Crippen LogP contribution in [0.2, 0.25) is 0 Å². The Morgan fingerprint density at radius 3 is 2.67 bits per heavy atom. The average molecular weight is 309 g/mol. The molecule has 0 aliphatic heterocycles. The van der Waals surface area contributed by atoms with Crippen molar-refractivity contribution in [1.29, 1.82) is 0 Å². The average Bonchev–Trinajstić information content (AvgIpc) is 2.81. The number of fused-ring (bicyclic) bond motifs is 1. The first-order valence-electron chi connectivity index (χ1n) is 6.67. The van der Waals surface area contributed by atoms with E-state index in [4.69, 9.17) is 4.84 Å². The zero-order valence-corrected chi connectivity index (χ0v) is 13.6. The fourth-order valence-electron chi connectivity index (χ4n) is 1.79. The third-order valence-corrected chi connectivity index (χ3v) is 3.69. The predicted octanol–water partition coefficient (Wildman–Crippen LogP) is 2.12. The molecule has 2 heterocycles. The number of aromatic nitrogens is 2. The van der Waals surface area contributed by atoms with Gasteiger partial charge in [-0.25, -0.2) is 10.5 Å². The topological polar surface area (TPSA) is 72.7 Å². The summed E-state index contributed by atoms with van der Waals surface area (Å²) in [6, 6.07) is 0. The number of hydrogen-bond donors (Lipinski definition) is 1. The van der Waals surface area contributed by atoms with Crippen molar-refractivity contribution in [2.24, 2.45) is 0 Å². The number of amides is 1. The maximum atomic E-state index is 12.6. The molecule has 2 aromatic heterocycles. The van der Waals surface area contributed by atoms with Crippen molar-refractivity contribution in [2.45, 2.75) is 46.1 Å². The first-order chi connectivity index (χ1) is 9.71. The van der Waals surface area contributed by atoms with Crippen molar-refractivity contribution in [3.63, 3.8) is 0 Å². The maximum absolute atomic E-state index is 12.6. The Morgan fingerprint density at radius 1 is 1.43 bits per heavy atom. The van der Waals surface area contributed by atoms with Crippen LogP contribution >= 0.6 is 11.3 Å². The van der Waals surface area contributed by atoms with Crippen LogP contribution < -0.4 is 11.0 Å². The second kappa shape index (κ2) is 5.57. The highest BCUT2D eigenvalue weighted by Crippen LogP contribution is 2.25. The van der Waals surface area contributed by atoms with E-state index in [1.165, 1.54) is 21.9 Å². The molecule has 0 atom stereocenters. The lowest BCUT2D eigenvalue weighted by Gasteiger charge is -2.17. The summed E-state index contributed by atoms with van der Waals surface area (Å²) in [5.41, 5.74) is 2.47. The molecule has 2 rings (SSSR count). The summed E-state index contributed by atoms with van der Waals surface area (Å²) < 4.78 is 1.49. The molecule has 114 valence electrons. The first kappa shape index (κ1) is 15.7. The van der Waals surface area contributed by atoms with Crippen LogP contribution in [-0.2, 0) is 10.3 Å². The second-order valence-electron chi connectivity index (χ2n) is 6.06. The van der Waals surface area contributed by atoms with E-state index in [-0.39, 0.29) is 22.6 Å². The van der Waals surface area contributed by atoms with Crippen LogP contribution in [-0.4, -0.2) is 21.4 Å². The molecule has 6 nitrogen and oxygen atoms in total. The lowest BCUT2D eigenvalue weighted by Crippen LogP contribution is -2.34. The van der Waals surface area contributed by atoms with Crippen molar-refractivity contribution in [3.8, 4) is 0 Å². The quantitative estimate of drug-likeness (QED) is 0.882. The number of rotatable bonds is 3. The molecule has 21 heavy (non-hydrogen) atoms. The van der Waals surface area contributed by atoms with Gasteiger partial charge in [-0.3, -0.25) is 18.8 Å². The highest BCUT2D eigenvalue weighted by molar-refractivity contribution is 7.15. The standard InChI is InChI=1S/C14H19N3O3S/c1-8(2)20-16-11(18)9-6-15-13-17(12(9)19)10(7-21-13)14(3,4)5/h6-8H,1-5H3,(H,16,18). The molecule has 0 unspecified atom stereocenters. The van der Waals surface area contributed by atoms with Crippen molar-refractivity contribution < 1.29 is 9.63 Å². The van der Waals surface area contributed by atoms with E-state index in [0.29, 0.717) is 4.96 Å².